The smallest absolute Gasteiger partial charge is 0.228 e. The van der Waals surface area contributed by atoms with Gasteiger partial charge < -0.3 is 14.5 Å². The Morgan fingerprint density at radius 2 is 2.39 bits per heavy atom. The summed E-state index contributed by atoms with van der Waals surface area (Å²) in [4.78, 5) is 22.6. The van der Waals surface area contributed by atoms with Gasteiger partial charge in [0.1, 0.15) is 0 Å². The van der Waals surface area contributed by atoms with Gasteiger partial charge in [0.2, 0.25) is 5.91 Å². The molecule has 128 valence electrons. The van der Waals surface area contributed by atoms with Crippen molar-refractivity contribution in [2.75, 3.05) is 39.9 Å². The highest BCUT2D eigenvalue weighted by molar-refractivity contribution is 7.09. The summed E-state index contributed by atoms with van der Waals surface area (Å²) in [6, 6.07) is 0. The summed E-state index contributed by atoms with van der Waals surface area (Å²) in [7, 11) is 2.17. The van der Waals surface area contributed by atoms with Crippen molar-refractivity contribution >= 4 is 17.2 Å². The monoisotopic (exact) mass is 337 g/mol. The number of carbonyl (C=O) groups excluding carboxylic acids is 1. The van der Waals surface area contributed by atoms with E-state index in [0.29, 0.717) is 18.4 Å². The second-order valence-electron chi connectivity index (χ2n) is 6.91. The number of rotatable bonds is 5. The Balaban J connectivity index is 1.45. The molecule has 0 saturated carbocycles. The zero-order chi connectivity index (χ0) is 16.2. The first kappa shape index (κ1) is 16.9. The lowest BCUT2D eigenvalue weighted by atomic mass is 10.0. The fraction of sp³-hybridized carbons (Fsp3) is 0.765. The molecule has 3 heterocycles. The van der Waals surface area contributed by atoms with Crippen molar-refractivity contribution in [2.24, 2.45) is 11.8 Å². The number of ether oxygens (including phenoxy) is 1. The summed E-state index contributed by atoms with van der Waals surface area (Å²) in [6.45, 7) is 7.31. The molecule has 2 fully saturated rings. The van der Waals surface area contributed by atoms with Crippen LogP contribution in [0.3, 0.4) is 0 Å². The van der Waals surface area contributed by atoms with Gasteiger partial charge in [-0.05, 0) is 39.2 Å². The van der Waals surface area contributed by atoms with Crippen LogP contribution in [0, 0.1) is 18.8 Å². The highest BCUT2D eigenvalue weighted by atomic mass is 32.1. The molecule has 1 aromatic heterocycles. The molecule has 2 unspecified atom stereocenters. The van der Waals surface area contributed by atoms with Crippen molar-refractivity contribution < 1.29 is 9.53 Å². The van der Waals surface area contributed by atoms with Gasteiger partial charge in [0, 0.05) is 37.7 Å². The number of aryl methyl sites for hydroxylation is 1. The maximum Gasteiger partial charge on any atom is 0.228 e. The molecular formula is C17H27N3O2S. The van der Waals surface area contributed by atoms with E-state index in [1.54, 1.807) is 11.3 Å². The lowest BCUT2D eigenvalue weighted by molar-refractivity contribution is -0.138. The fourth-order valence-electron chi connectivity index (χ4n) is 3.60. The third-order valence-electron chi connectivity index (χ3n) is 4.94. The van der Waals surface area contributed by atoms with Crippen molar-refractivity contribution in [3.8, 4) is 0 Å². The Morgan fingerprint density at radius 1 is 1.52 bits per heavy atom. The SMILES string of the molecule is Cc1ncsc1CN(C)CC1CCN(C(=O)C2CCCOC2)C1. The minimum Gasteiger partial charge on any atom is -0.381 e. The molecule has 3 rings (SSSR count). The van der Waals surface area contributed by atoms with Crippen molar-refractivity contribution in [3.05, 3.63) is 16.1 Å². The van der Waals surface area contributed by atoms with Gasteiger partial charge >= 0.3 is 0 Å². The summed E-state index contributed by atoms with van der Waals surface area (Å²) >= 11 is 1.73. The van der Waals surface area contributed by atoms with Gasteiger partial charge in [-0.3, -0.25) is 4.79 Å². The van der Waals surface area contributed by atoms with Crippen LogP contribution < -0.4 is 0 Å². The Kier molecular flexibility index (Phi) is 5.67. The maximum atomic E-state index is 12.6. The summed E-state index contributed by atoms with van der Waals surface area (Å²) in [6.07, 6.45) is 3.13. The Labute approximate surface area is 142 Å². The minimum atomic E-state index is 0.0973. The number of carbonyl (C=O) groups is 1. The average Bonchev–Trinajstić information content (AvgIpc) is 3.17. The zero-order valence-electron chi connectivity index (χ0n) is 14.2. The van der Waals surface area contributed by atoms with E-state index in [9.17, 15) is 4.79 Å². The lowest BCUT2D eigenvalue weighted by Crippen LogP contribution is -2.38. The normalized spacial score (nSPS) is 25.3. The van der Waals surface area contributed by atoms with Crippen LogP contribution in [0.15, 0.2) is 5.51 Å². The Morgan fingerprint density at radius 3 is 3.09 bits per heavy atom. The molecule has 1 amide bonds. The van der Waals surface area contributed by atoms with Gasteiger partial charge in [-0.15, -0.1) is 11.3 Å². The van der Waals surface area contributed by atoms with Crippen LogP contribution >= 0.6 is 11.3 Å². The minimum absolute atomic E-state index is 0.0973. The predicted molar refractivity (Wildman–Crippen MR) is 91.4 cm³/mol. The second-order valence-corrected chi connectivity index (χ2v) is 7.85. The van der Waals surface area contributed by atoms with Crippen molar-refractivity contribution in [3.63, 3.8) is 0 Å². The van der Waals surface area contributed by atoms with Gasteiger partial charge in [0.25, 0.3) is 0 Å². The summed E-state index contributed by atoms with van der Waals surface area (Å²) in [5, 5.41) is 0. The van der Waals surface area contributed by atoms with E-state index in [-0.39, 0.29) is 5.92 Å². The molecule has 5 nitrogen and oxygen atoms in total. The van der Waals surface area contributed by atoms with Gasteiger partial charge in [-0.25, -0.2) is 4.98 Å². The van der Waals surface area contributed by atoms with Crippen LogP contribution in [-0.4, -0.2) is 60.6 Å². The fourth-order valence-corrected chi connectivity index (χ4v) is 4.46. The predicted octanol–water partition coefficient (Wildman–Crippen LogP) is 2.16. The number of nitrogens with zero attached hydrogens (tertiary/aromatic N) is 3. The first-order valence-electron chi connectivity index (χ1n) is 8.57. The molecule has 23 heavy (non-hydrogen) atoms. The quantitative estimate of drug-likeness (QED) is 0.826. The van der Waals surface area contributed by atoms with E-state index in [2.05, 4.69) is 28.8 Å². The highest BCUT2D eigenvalue weighted by Gasteiger charge is 2.32. The number of likely N-dealkylation sites (tertiary alicyclic amines) is 1. The van der Waals surface area contributed by atoms with E-state index in [1.165, 1.54) is 4.88 Å². The van der Waals surface area contributed by atoms with Crippen molar-refractivity contribution in [2.45, 2.75) is 32.7 Å². The third kappa shape index (κ3) is 4.31. The van der Waals surface area contributed by atoms with Gasteiger partial charge in [-0.2, -0.15) is 0 Å². The van der Waals surface area contributed by atoms with E-state index in [4.69, 9.17) is 4.74 Å². The number of aromatic nitrogens is 1. The average molecular weight is 337 g/mol. The number of thiazole rings is 1. The number of hydrogen-bond donors (Lipinski definition) is 0. The maximum absolute atomic E-state index is 12.6. The number of hydrogen-bond acceptors (Lipinski definition) is 5. The molecule has 0 aliphatic carbocycles. The van der Waals surface area contributed by atoms with E-state index >= 15 is 0 Å². The molecule has 0 bridgehead atoms. The largest absolute Gasteiger partial charge is 0.381 e. The van der Waals surface area contributed by atoms with E-state index < -0.39 is 0 Å². The molecule has 2 aliphatic heterocycles. The lowest BCUT2D eigenvalue weighted by Gasteiger charge is -2.27. The standard InChI is InChI=1S/C17H27N3O2S/c1-13-16(23-12-18-13)10-19(2)8-14-5-6-20(9-14)17(21)15-4-3-7-22-11-15/h12,14-15H,3-11H2,1-2H3. The van der Waals surface area contributed by atoms with E-state index in [0.717, 1.165) is 57.7 Å². The van der Waals surface area contributed by atoms with E-state index in [1.807, 2.05) is 5.51 Å². The molecule has 0 N–H and O–H groups in total. The first-order chi connectivity index (χ1) is 11.1. The van der Waals surface area contributed by atoms with Crippen LogP contribution in [0.1, 0.15) is 29.8 Å². The van der Waals surface area contributed by atoms with Crippen LogP contribution in [0.5, 0.6) is 0 Å². The number of amides is 1. The van der Waals surface area contributed by atoms with Crippen LogP contribution in [0.25, 0.3) is 0 Å². The molecule has 2 atom stereocenters. The van der Waals surface area contributed by atoms with Gasteiger partial charge in [-0.1, -0.05) is 0 Å². The summed E-state index contributed by atoms with van der Waals surface area (Å²) in [5.41, 5.74) is 3.06. The van der Waals surface area contributed by atoms with Crippen LogP contribution in [-0.2, 0) is 16.1 Å². The molecule has 0 aromatic carbocycles. The molecule has 2 saturated heterocycles. The van der Waals surface area contributed by atoms with Crippen LogP contribution in [0.4, 0.5) is 0 Å². The molecule has 0 radical (unpaired) electrons. The molecule has 0 spiro atoms. The Hall–Kier alpha value is -0.980. The topological polar surface area (TPSA) is 45.7 Å². The van der Waals surface area contributed by atoms with Crippen molar-refractivity contribution in [1.82, 2.24) is 14.8 Å². The third-order valence-corrected chi connectivity index (χ3v) is 5.86. The van der Waals surface area contributed by atoms with Gasteiger partial charge in [0.15, 0.2) is 0 Å². The Bertz CT molecular complexity index is 528. The zero-order valence-corrected chi connectivity index (χ0v) is 15.0. The molecule has 2 aliphatic rings. The summed E-state index contributed by atoms with van der Waals surface area (Å²) < 4.78 is 5.46. The molecular weight excluding hydrogens is 310 g/mol. The van der Waals surface area contributed by atoms with Gasteiger partial charge in [0.05, 0.1) is 23.7 Å². The summed E-state index contributed by atoms with van der Waals surface area (Å²) in [5.74, 6) is 0.995. The highest BCUT2D eigenvalue weighted by Crippen LogP contribution is 2.23. The molecule has 6 heteroatoms. The second kappa shape index (κ2) is 7.73. The van der Waals surface area contributed by atoms with Crippen LogP contribution in [0.2, 0.25) is 0 Å². The molecule has 1 aromatic rings. The first-order valence-corrected chi connectivity index (χ1v) is 9.45. The van der Waals surface area contributed by atoms with Crippen molar-refractivity contribution in [1.29, 1.82) is 0 Å².